The Hall–Kier alpha value is -3.93. The van der Waals surface area contributed by atoms with Gasteiger partial charge in [-0.15, -0.1) is 0 Å². The number of unbranched alkanes of at least 4 members (excludes halogenated alkanes) is 14. The molecule has 0 heterocycles. The Balaban J connectivity index is 4.60. The van der Waals surface area contributed by atoms with E-state index in [0.29, 0.717) is 12.8 Å². The molecule has 0 spiro atoms. The molecule has 0 aliphatic heterocycles. The fraction of sp³-hybridized carbons (Fsp3) is 0.618. The van der Waals surface area contributed by atoms with Crippen LogP contribution in [0.25, 0.3) is 0 Å². The van der Waals surface area contributed by atoms with Crippen molar-refractivity contribution in [3.63, 3.8) is 0 Å². The lowest BCUT2D eigenvalue weighted by atomic mass is 10.0. The third kappa shape index (κ3) is 47.0. The minimum Gasteiger partial charge on any atom is -0.462 e. The van der Waals surface area contributed by atoms with Crippen LogP contribution in [-0.2, 0) is 28.6 Å². The molecule has 0 saturated heterocycles. The van der Waals surface area contributed by atoms with Crippen molar-refractivity contribution in [2.24, 2.45) is 0 Å². The van der Waals surface area contributed by atoms with Crippen LogP contribution in [0.2, 0.25) is 0 Å². The van der Waals surface area contributed by atoms with Crippen LogP contribution >= 0.6 is 0 Å². The molecule has 0 N–H and O–H groups in total. The SMILES string of the molecule is CC/C=C\C/C=C\C/C=C\C/C=C\C/C=C\CC(=O)OCC(COC(=O)CCCCCCCCCCCCCCC)OC(=O)CCCC/C=C\C/C=C\C/C=C\C/C=C\CC. The summed E-state index contributed by atoms with van der Waals surface area (Å²) in [6, 6.07) is 0. The van der Waals surface area contributed by atoms with Gasteiger partial charge < -0.3 is 14.2 Å². The predicted octanol–water partition coefficient (Wildman–Crippen LogP) is 16.0. The van der Waals surface area contributed by atoms with Crippen molar-refractivity contribution < 1.29 is 28.6 Å². The predicted molar refractivity (Wildman–Crippen MR) is 260 cm³/mol. The summed E-state index contributed by atoms with van der Waals surface area (Å²) in [5, 5.41) is 0. The Bertz CT molecular complexity index is 1290. The maximum Gasteiger partial charge on any atom is 0.309 e. The number of esters is 3. The zero-order valence-corrected chi connectivity index (χ0v) is 39.1. The van der Waals surface area contributed by atoms with E-state index in [1.165, 1.54) is 64.2 Å². The maximum absolute atomic E-state index is 12.7. The van der Waals surface area contributed by atoms with Crippen LogP contribution < -0.4 is 0 Å². The molecule has 6 heteroatoms. The van der Waals surface area contributed by atoms with Crippen LogP contribution in [-0.4, -0.2) is 37.2 Å². The van der Waals surface area contributed by atoms with Gasteiger partial charge in [-0.2, -0.15) is 0 Å². The minimum absolute atomic E-state index is 0.115. The second-order valence-electron chi connectivity index (χ2n) is 15.6. The molecule has 0 rings (SSSR count). The van der Waals surface area contributed by atoms with Gasteiger partial charge in [0.15, 0.2) is 6.10 Å². The molecule has 0 aliphatic carbocycles. The van der Waals surface area contributed by atoms with Crippen molar-refractivity contribution in [3.8, 4) is 0 Å². The second-order valence-corrected chi connectivity index (χ2v) is 15.6. The van der Waals surface area contributed by atoms with Crippen molar-refractivity contribution in [1.82, 2.24) is 0 Å². The van der Waals surface area contributed by atoms with Crippen LogP contribution in [0.3, 0.4) is 0 Å². The Kier molecular flexibility index (Phi) is 45.6. The zero-order chi connectivity index (χ0) is 44.4. The van der Waals surface area contributed by atoms with Crippen LogP contribution in [0.4, 0.5) is 0 Å². The highest BCUT2D eigenvalue weighted by Gasteiger charge is 2.19. The molecule has 0 aliphatic rings. The molecular weight excluding hydrogens is 757 g/mol. The molecule has 0 fully saturated rings. The Morgan fingerprint density at radius 3 is 1.15 bits per heavy atom. The van der Waals surface area contributed by atoms with Gasteiger partial charge in [0.25, 0.3) is 0 Å². The van der Waals surface area contributed by atoms with E-state index >= 15 is 0 Å². The Labute approximate surface area is 374 Å². The molecule has 0 bridgehead atoms. The fourth-order valence-electron chi connectivity index (χ4n) is 6.21. The molecule has 0 saturated carbocycles. The number of hydrogen-bond acceptors (Lipinski definition) is 6. The van der Waals surface area contributed by atoms with Gasteiger partial charge >= 0.3 is 17.9 Å². The summed E-state index contributed by atoms with van der Waals surface area (Å²) in [5.41, 5.74) is 0. The standard InChI is InChI=1S/C55H88O6/c1-4-7-10-13-16-19-22-25-27-30-33-36-39-42-45-48-54(57)60-51-52(50-59-53(56)47-44-41-38-35-32-29-24-21-18-15-12-9-6-3)61-55(58)49-46-43-40-37-34-31-28-26-23-20-17-14-11-8-5-2/h7-8,10-11,16-17,19-20,25-28,33-34,36-37,42,45,52H,4-6,9,12-15,18,21-24,29-32,35,38-41,43-44,46-51H2,1-3H3/b10-7-,11-8-,19-16-,20-17-,27-25-,28-26-,36-33-,37-34-,45-42-. The highest BCUT2D eigenvalue weighted by Crippen LogP contribution is 2.14. The summed E-state index contributed by atoms with van der Waals surface area (Å²) in [6.45, 7) is 6.26. The monoisotopic (exact) mass is 845 g/mol. The smallest absolute Gasteiger partial charge is 0.309 e. The molecule has 1 unspecified atom stereocenters. The number of carbonyl (C=O) groups is 3. The first kappa shape index (κ1) is 57.1. The zero-order valence-electron chi connectivity index (χ0n) is 39.1. The quantitative estimate of drug-likeness (QED) is 0.0264. The molecule has 61 heavy (non-hydrogen) atoms. The molecule has 344 valence electrons. The molecule has 6 nitrogen and oxygen atoms in total. The van der Waals surface area contributed by atoms with E-state index in [-0.39, 0.29) is 38.0 Å². The number of hydrogen-bond donors (Lipinski definition) is 0. The lowest BCUT2D eigenvalue weighted by Crippen LogP contribution is -2.30. The van der Waals surface area contributed by atoms with E-state index in [0.717, 1.165) is 89.9 Å². The van der Waals surface area contributed by atoms with Crippen LogP contribution in [0.1, 0.15) is 201 Å². The summed E-state index contributed by atoms with van der Waals surface area (Å²) in [5.74, 6) is -1.11. The van der Waals surface area contributed by atoms with E-state index in [9.17, 15) is 14.4 Å². The number of ether oxygens (including phenoxy) is 3. The lowest BCUT2D eigenvalue weighted by Gasteiger charge is -2.18. The first-order valence-corrected chi connectivity index (χ1v) is 24.4. The van der Waals surface area contributed by atoms with Crippen molar-refractivity contribution in [3.05, 3.63) is 109 Å². The summed E-state index contributed by atoms with van der Waals surface area (Å²) in [4.78, 5) is 37.8. The Morgan fingerprint density at radius 1 is 0.361 bits per heavy atom. The fourth-order valence-corrected chi connectivity index (χ4v) is 6.21. The van der Waals surface area contributed by atoms with Crippen molar-refractivity contribution >= 4 is 17.9 Å². The average Bonchev–Trinajstić information content (AvgIpc) is 3.26. The van der Waals surface area contributed by atoms with Crippen molar-refractivity contribution in [2.75, 3.05) is 13.2 Å². The summed E-state index contributed by atoms with van der Waals surface area (Å²) in [6.07, 6.45) is 65.2. The van der Waals surface area contributed by atoms with Crippen molar-refractivity contribution in [1.29, 1.82) is 0 Å². The van der Waals surface area contributed by atoms with Gasteiger partial charge in [0.1, 0.15) is 13.2 Å². The van der Waals surface area contributed by atoms with E-state index < -0.39 is 12.1 Å². The summed E-state index contributed by atoms with van der Waals surface area (Å²) < 4.78 is 16.6. The minimum atomic E-state index is -0.838. The number of allylic oxidation sites excluding steroid dienone is 17. The largest absolute Gasteiger partial charge is 0.462 e. The van der Waals surface area contributed by atoms with Gasteiger partial charge in [-0.1, -0.05) is 207 Å². The van der Waals surface area contributed by atoms with Gasteiger partial charge in [0, 0.05) is 12.8 Å². The van der Waals surface area contributed by atoms with E-state index in [4.69, 9.17) is 14.2 Å². The highest BCUT2D eigenvalue weighted by molar-refractivity contribution is 5.72. The molecule has 0 amide bonds. The molecule has 0 radical (unpaired) electrons. The molecule has 0 aromatic carbocycles. The van der Waals surface area contributed by atoms with Crippen LogP contribution in [0.5, 0.6) is 0 Å². The highest BCUT2D eigenvalue weighted by atomic mass is 16.6. The third-order valence-electron chi connectivity index (χ3n) is 9.81. The maximum atomic E-state index is 12.7. The third-order valence-corrected chi connectivity index (χ3v) is 9.81. The topological polar surface area (TPSA) is 78.9 Å². The van der Waals surface area contributed by atoms with Gasteiger partial charge in [0.05, 0.1) is 6.42 Å². The average molecular weight is 845 g/mol. The molecule has 0 aromatic heterocycles. The van der Waals surface area contributed by atoms with Crippen LogP contribution in [0.15, 0.2) is 109 Å². The van der Waals surface area contributed by atoms with Gasteiger partial charge in [-0.05, 0) is 83.5 Å². The molecular formula is C55H88O6. The summed E-state index contributed by atoms with van der Waals surface area (Å²) in [7, 11) is 0. The normalized spacial score (nSPS) is 13.0. The van der Waals surface area contributed by atoms with E-state index in [1.54, 1.807) is 6.08 Å². The molecule has 1 atom stereocenters. The number of carbonyl (C=O) groups excluding carboxylic acids is 3. The first-order chi connectivity index (χ1) is 30.0. The van der Waals surface area contributed by atoms with Gasteiger partial charge in [-0.25, -0.2) is 0 Å². The van der Waals surface area contributed by atoms with E-state index in [2.05, 4.69) is 118 Å². The summed E-state index contributed by atoms with van der Waals surface area (Å²) >= 11 is 0. The van der Waals surface area contributed by atoms with E-state index in [1.807, 2.05) is 6.08 Å². The van der Waals surface area contributed by atoms with Crippen molar-refractivity contribution in [2.45, 2.75) is 207 Å². The lowest BCUT2D eigenvalue weighted by molar-refractivity contribution is -0.166. The van der Waals surface area contributed by atoms with Gasteiger partial charge in [0.2, 0.25) is 0 Å². The number of rotatable bonds is 42. The second kappa shape index (κ2) is 48.7. The van der Waals surface area contributed by atoms with Gasteiger partial charge in [-0.3, -0.25) is 14.4 Å². The first-order valence-electron chi connectivity index (χ1n) is 24.4. The van der Waals surface area contributed by atoms with Crippen LogP contribution in [0, 0.1) is 0 Å². The Morgan fingerprint density at radius 2 is 0.705 bits per heavy atom. The molecule has 0 aromatic rings.